The highest BCUT2D eigenvalue weighted by atomic mass is 19.1. The maximum absolute atomic E-state index is 14.4. The van der Waals surface area contributed by atoms with Crippen molar-refractivity contribution in [1.29, 1.82) is 0 Å². The summed E-state index contributed by atoms with van der Waals surface area (Å²) in [5, 5.41) is 0. The second-order valence-corrected chi connectivity index (χ2v) is 9.45. The fourth-order valence-corrected chi connectivity index (χ4v) is 4.95. The number of ether oxygens (including phenoxy) is 1. The lowest BCUT2D eigenvalue weighted by atomic mass is 10.0. The number of carbonyl (C=O) groups is 1. The molecule has 178 valence electrons. The highest BCUT2D eigenvalue weighted by molar-refractivity contribution is 5.94. The first-order chi connectivity index (χ1) is 16.9. The Morgan fingerprint density at radius 1 is 1.14 bits per heavy atom. The van der Waals surface area contributed by atoms with Gasteiger partial charge in [-0.05, 0) is 43.2 Å². The third kappa shape index (κ3) is 3.77. The van der Waals surface area contributed by atoms with E-state index in [1.165, 1.54) is 6.07 Å². The molecule has 0 radical (unpaired) electrons. The number of cyclic esters (lactones) is 1. The van der Waals surface area contributed by atoms with Gasteiger partial charge in [0.1, 0.15) is 17.9 Å². The van der Waals surface area contributed by atoms with E-state index in [9.17, 15) is 9.18 Å². The van der Waals surface area contributed by atoms with E-state index in [1.807, 2.05) is 37.4 Å². The summed E-state index contributed by atoms with van der Waals surface area (Å²) in [6.07, 6.45) is 4.05. The summed E-state index contributed by atoms with van der Waals surface area (Å²) in [4.78, 5) is 28.4. The van der Waals surface area contributed by atoms with Crippen LogP contribution in [-0.2, 0) is 4.74 Å². The van der Waals surface area contributed by atoms with Gasteiger partial charge < -0.3 is 20.4 Å². The third-order valence-corrected chi connectivity index (χ3v) is 6.69. The van der Waals surface area contributed by atoms with Gasteiger partial charge in [0.05, 0.1) is 23.3 Å². The molecule has 4 aromatic rings. The second kappa shape index (κ2) is 8.06. The summed E-state index contributed by atoms with van der Waals surface area (Å²) in [7, 11) is 0. The molecule has 0 spiro atoms. The first-order valence-corrected chi connectivity index (χ1v) is 11.6. The van der Waals surface area contributed by atoms with E-state index in [0.717, 1.165) is 41.0 Å². The standard InChI is InChI=1S/C26H25FN6O2/c1-26(28)8-9-32(15-26)23-18(16-4-2-5-17(12-16)33-10-11-35-25(33)34)13-29-14-19(23)24-30-21-7-3-6-20(27)22(21)31-24/h2-7,12-14H,8-11,15,28H2,1H3,(H,30,31). The molecule has 1 atom stereocenters. The van der Waals surface area contributed by atoms with E-state index < -0.39 is 0 Å². The van der Waals surface area contributed by atoms with Gasteiger partial charge in [-0.3, -0.25) is 9.88 Å². The van der Waals surface area contributed by atoms with Crippen molar-refractivity contribution >= 4 is 28.5 Å². The molecule has 0 bridgehead atoms. The number of pyridine rings is 1. The van der Waals surface area contributed by atoms with Crippen LogP contribution in [0.4, 0.5) is 20.6 Å². The summed E-state index contributed by atoms with van der Waals surface area (Å²) in [5.74, 6) is 0.163. The number of hydrogen-bond donors (Lipinski definition) is 2. The molecule has 6 rings (SSSR count). The second-order valence-electron chi connectivity index (χ2n) is 9.45. The zero-order valence-corrected chi connectivity index (χ0v) is 19.3. The fraction of sp³-hybridized carbons (Fsp3) is 0.269. The predicted octanol–water partition coefficient (Wildman–Crippen LogP) is 4.32. The van der Waals surface area contributed by atoms with Crippen LogP contribution in [0.2, 0.25) is 0 Å². The highest BCUT2D eigenvalue weighted by Gasteiger charge is 2.33. The number of nitrogens with zero attached hydrogens (tertiary/aromatic N) is 4. The number of H-pyrrole nitrogens is 1. The van der Waals surface area contributed by atoms with Crippen LogP contribution in [0.3, 0.4) is 0 Å². The number of imidazole rings is 1. The minimum Gasteiger partial charge on any atom is -0.447 e. The minimum atomic E-state index is -0.378. The van der Waals surface area contributed by atoms with Gasteiger partial charge in [0.15, 0.2) is 5.82 Å². The predicted molar refractivity (Wildman–Crippen MR) is 133 cm³/mol. The molecule has 2 aliphatic heterocycles. The van der Waals surface area contributed by atoms with Crippen LogP contribution in [0.1, 0.15) is 13.3 Å². The highest BCUT2D eigenvalue weighted by Crippen LogP contribution is 2.41. The zero-order chi connectivity index (χ0) is 24.2. The quantitative estimate of drug-likeness (QED) is 0.459. The Hall–Kier alpha value is -3.98. The summed E-state index contributed by atoms with van der Waals surface area (Å²) in [6.45, 7) is 4.35. The molecule has 3 N–H and O–H groups in total. The molecule has 2 aromatic carbocycles. The summed E-state index contributed by atoms with van der Waals surface area (Å²) >= 11 is 0. The number of nitrogens with two attached hydrogens (primary N) is 1. The average molecular weight is 473 g/mol. The van der Waals surface area contributed by atoms with Gasteiger partial charge in [0, 0.05) is 42.3 Å². The van der Waals surface area contributed by atoms with E-state index in [2.05, 4.69) is 19.9 Å². The van der Waals surface area contributed by atoms with Crippen molar-refractivity contribution < 1.29 is 13.9 Å². The van der Waals surface area contributed by atoms with Crippen molar-refractivity contribution in [2.45, 2.75) is 18.9 Å². The maximum atomic E-state index is 14.4. The number of hydrogen-bond acceptors (Lipinski definition) is 6. The van der Waals surface area contributed by atoms with Crippen LogP contribution in [0.5, 0.6) is 0 Å². The fourth-order valence-electron chi connectivity index (χ4n) is 4.95. The Labute approximate surface area is 201 Å². The van der Waals surface area contributed by atoms with Gasteiger partial charge in [0.2, 0.25) is 0 Å². The number of fused-ring (bicyclic) bond motifs is 1. The number of carbonyl (C=O) groups excluding carboxylic acids is 1. The van der Waals surface area contributed by atoms with E-state index in [0.29, 0.717) is 36.6 Å². The number of rotatable bonds is 4. The Kier molecular flexibility index (Phi) is 4.96. The molecule has 35 heavy (non-hydrogen) atoms. The van der Waals surface area contributed by atoms with Gasteiger partial charge in [0.25, 0.3) is 0 Å². The number of nitrogens with one attached hydrogen (secondary N) is 1. The number of para-hydroxylation sites is 1. The van der Waals surface area contributed by atoms with E-state index in [-0.39, 0.29) is 17.4 Å². The largest absolute Gasteiger partial charge is 0.447 e. The van der Waals surface area contributed by atoms with E-state index in [4.69, 9.17) is 10.5 Å². The molecule has 1 unspecified atom stereocenters. The number of anilines is 2. The van der Waals surface area contributed by atoms with Crippen molar-refractivity contribution in [2.24, 2.45) is 5.73 Å². The van der Waals surface area contributed by atoms with Crippen molar-refractivity contribution in [1.82, 2.24) is 15.0 Å². The van der Waals surface area contributed by atoms with Crippen LogP contribution in [0, 0.1) is 5.82 Å². The number of aromatic nitrogens is 3. The van der Waals surface area contributed by atoms with Gasteiger partial charge in [-0.25, -0.2) is 14.2 Å². The van der Waals surface area contributed by atoms with Gasteiger partial charge in [-0.15, -0.1) is 0 Å². The van der Waals surface area contributed by atoms with E-state index >= 15 is 0 Å². The lowest BCUT2D eigenvalue weighted by molar-refractivity contribution is 0.181. The molecule has 2 fully saturated rings. The lowest BCUT2D eigenvalue weighted by Gasteiger charge is -2.26. The molecule has 0 aliphatic carbocycles. The molecule has 1 amide bonds. The van der Waals surface area contributed by atoms with Gasteiger partial charge in [-0.2, -0.15) is 0 Å². The maximum Gasteiger partial charge on any atom is 0.414 e. The summed E-state index contributed by atoms with van der Waals surface area (Å²) in [5.41, 5.74) is 11.3. The molecular formula is C26H25FN6O2. The number of amides is 1. The van der Waals surface area contributed by atoms with Crippen LogP contribution < -0.4 is 15.5 Å². The average Bonchev–Trinajstić information content (AvgIpc) is 3.57. The smallest absolute Gasteiger partial charge is 0.414 e. The van der Waals surface area contributed by atoms with Crippen molar-refractivity contribution in [3.05, 3.63) is 60.7 Å². The SMILES string of the molecule is CC1(N)CCN(c2c(-c3cccc(N4CCOC4=O)c3)cncc2-c2nc3c(F)cccc3[nH]2)C1. The monoisotopic (exact) mass is 472 g/mol. The normalized spacial score (nSPS) is 20.1. The topological polar surface area (TPSA) is 100 Å². The third-order valence-electron chi connectivity index (χ3n) is 6.69. The summed E-state index contributed by atoms with van der Waals surface area (Å²) < 4.78 is 19.5. The Morgan fingerprint density at radius 3 is 2.71 bits per heavy atom. The number of benzene rings is 2. The van der Waals surface area contributed by atoms with Crippen molar-refractivity contribution in [2.75, 3.05) is 36.0 Å². The zero-order valence-electron chi connectivity index (χ0n) is 19.3. The van der Waals surface area contributed by atoms with Gasteiger partial charge in [-0.1, -0.05) is 18.2 Å². The number of halogens is 1. The minimum absolute atomic E-state index is 0.290. The Morgan fingerprint density at radius 2 is 1.97 bits per heavy atom. The lowest BCUT2D eigenvalue weighted by Crippen LogP contribution is -2.39. The van der Waals surface area contributed by atoms with Crippen LogP contribution >= 0.6 is 0 Å². The molecule has 2 aliphatic rings. The van der Waals surface area contributed by atoms with Crippen molar-refractivity contribution in [3.8, 4) is 22.5 Å². The summed E-state index contributed by atoms with van der Waals surface area (Å²) in [6, 6.07) is 12.6. The molecule has 0 saturated carbocycles. The van der Waals surface area contributed by atoms with Crippen LogP contribution in [-0.4, -0.2) is 52.8 Å². The molecule has 2 aromatic heterocycles. The van der Waals surface area contributed by atoms with Crippen LogP contribution in [0.15, 0.2) is 54.9 Å². The first kappa shape index (κ1) is 21.5. The number of aromatic amines is 1. The molecule has 2 saturated heterocycles. The molecule has 8 nitrogen and oxygen atoms in total. The van der Waals surface area contributed by atoms with Crippen molar-refractivity contribution in [3.63, 3.8) is 0 Å². The van der Waals surface area contributed by atoms with E-state index in [1.54, 1.807) is 23.2 Å². The van der Waals surface area contributed by atoms with Crippen LogP contribution in [0.25, 0.3) is 33.5 Å². The molecule has 9 heteroatoms. The molecule has 4 heterocycles. The Balaban J connectivity index is 1.52. The first-order valence-electron chi connectivity index (χ1n) is 11.6. The molecular weight excluding hydrogens is 447 g/mol. The van der Waals surface area contributed by atoms with Gasteiger partial charge >= 0.3 is 6.09 Å². The Bertz CT molecular complexity index is 1450.